The van der Waals surface area contributed by atoms with Gasteiger partial charge in [0.15, 0.2) is 0 Å². The lowest BCUT2D eigenvalue weighted by molar-refractivity contribution is -0.131. The SMILES string of the molecule is CC(C1CC1)N(Cc1ccccc1)C(=O)CSCc1ccco1. The molecule has 1 aromatic heterocycles. The van der Waals surface area contributed by atoms with Crippen LogP contribution in [0.5, 0.6) is 0 Å². The van der Waals surface area contributed by atoms with Crippen molar-refractivity contribution in [2.45, 2.75) is 38.1 Å². The van der Waals surface area contributed by atoms with Crippen LogP contribution in [-0.4, -0.2) is 22.6 Å². The number of amides is 1. The van der Waals surface area contributed by atoms with E-state index in [1.54, 1.807) is 18.0 Å². The van der Waals surface area contributed by atoms with Crippen molar-refractivity contribution < 1.29 is 9.21 Å². The minimum Gasteiger partial charge on any atom is -0.468 e. The number of benzene rings is 1. The summed E-state index contributed by atoms with van der Waals surface area (Å²) >= 11 is 1.62. The van der Waals surface area contributed by atoms with E-state index in [1.165, 1.54) is 18.4 Å². The lowest BCUT2D eigenvalue weighted by Gasteiger charge is -2.29. The second kappa shape index (κ2) is 7.73. The fraction of sp³-hybridized carbons (Fsp3) is 0.421. The molecule has 1 aromatic carbocycles. The lowest BCUT2D eigenvalue weighted by Crippen LogP contribution is -2.40. The number of nitrogens with zero attached hydrogens (tertiary/aromatic N) is 1. The third-order valence-electron chi connectivity index (χ3n) is 4.36. The molecule has 23 heavy (non-hydrogen) atoms. The van der Waals surface area contributed by atoms with Gasteiger partial charge in [-0.2, -0.15) is 0 Å². The van der Waals surface area contributed by atoms with Crippen molar-refractivity contribution in [2.75, 3.05) is 5.75 Å². The molecule has 0 aliphatic heterocycles. The molecule has 1 unspecified atom stereocenters. The number of rotatable bonds is 8. The highest BCUT2D eigenvalue weighted by Gasteiger charge is 2.34. The largest absolute Gasteiger partial charge is 0.468 e. The molecule has 1 aliphatic rings. The van der Waals surface area contributed by atoms with Crippen molar-refractivity contribution in [3.8, 4) is 0 Å². The molecule has 0 N–H and O–H groups in total. The van der Waals surface area contributed by atoms with Crippen molar-refractivity contribution >= 4 is 17.7 Å². The number of hydrogen-bond donors (Lipinski definition) is 0. The number of hydrogen-bond acceptors (Lipinski definition) is 3. The average molecular weight is 329 g/mol. The van der Waals surface area contributed by atoms with Crippen molar-refractivity contribution in [3.63, 3.8) is 0 Å². The van der Waals surface area contributed by atoms with Crippen LogP contribution >= 0.6 is 11.8 Å². The Hall–Kier alpha value is -1.68. The Kier molecular flexibility index (Phi) is 5.44. The standard InChI is InChI=1S/C19H23NO2S/c1-15(17-9-10-17)20(12-16-6-3-2-4-7-16)19(21)14-23-13-18-8-5-11-22-18/h2-8,11,15,17H,9-10,12-14H2,1H3. The summed E-state index contributed by atoms with van der Waals surface area (Å²) in [7, 11) is 0. The van der Waals surface area contributed by atoms with Gasteiger partial charge in [-0.3, -0.25) is 4.79 Å². The van der Waals surface area contributed by atoms with Crippen LogP contribution in [0.1, 0.15) is 31.1 Å². The normalized spacial score (nSPS) is 15.3. The zero-order valence-corrected chi connectivity index (χ0v) is 14.3. The first kappa shape index (κ1) is 16.2. The summed E-state index contributed by atoms with van der Waals surface area (Å²) in [5.41, 5.74) is 1.20. The van der Waals surface area contributed by atoms with Gasteiger partial charge in [-0.25, -0.2) is 0 Å². The summed E-state index contributed by atoms with van der Waals surface area (Å²) in [6.45, 7) is 2.90. The van der Waals surface area contributed by atoms with E-state index < -0.39 is 0 Å². The summed E-state index contributed by atoms with van der Waals surface area (Å²) in [6, 6.07) is 14.4. The molecule has 0 bridgehead atoms. The van der Waals surface area contributed by atoms with Gasteiger partial charge in [-0.15, -0.1) is 11.8 Å². The molecular weight excluding hydrogens is 306 g/mol. The van der Waals surface area contributed by atoms with Crippen molar-refractivity contribution in [3.05, 3.63) is 60.1 Å². The Balaban J connectivity index is 1.58. The highest BCUT2D eigenvalue weighted by molar-refractivity contribution is 7.99. The van der Waals surface area contributed by atoms with Crippen LogP contribution in [0.15, 0.2) is 53.1 Å². The van der Waals surface area contributed by atoms with E-state index in [9.17, 15) is 4.79 Å². The van der Waals surface area contributed by atoms with E-state index in [4.69, 9.17) is 4.42 Å². The quantitative estimate of drug-likeness (QED) is 0.722. The summed E-state index contributed by atoms with van der Waals surface area (Å²) in [5.74, 6) is 3.08. The van der Waals surface area contributed by atoms with Gasteiger partial charge in [0.1, 0.15) is 5.76 Å². The maximum atomic E-state index is 12.7. The first-order valence-electron chi connectivity index (χ1n) is 8.17. The average Bonchev–Trinajstić information content (AvgIpc) is 3.30. The minimum atomic E-state index is 0.227. The number of furan rings is 1. The molecule has 1 heterocycles. The molecular formula is C19H23NO2S. The Bertz CT molecular complexity index is 608. The van der Waals surface area contributed by atoms with Gasteiger partial charge in [-0.05, 0) is 43.4 Å². The Morgan fingerprint density at radius 3 is 2.70 bits per heavy atom. The fourth-order valence-electron chi connectivity index (χ4n) is 2.79. The molecule has 2 aromatic rings. The molecule has 1 atom stereocenters. The van der Waals surface area contributed by atoms with Crippen molar-refractivity contribution in [1.29, 1.82) is 0 Å². The highest BCUT2D eigenvalue weighted by Crippen LogP contribution is 2.36. The maximum Gasteiger partial charge on any atom is 0.233 e. The van der Waals surface area contributed by atoms with Crippen molar-refractivity contribution in [1.82, 2.24) is 4.90 Å². The van der Waals surface area contributed by atoms with Gasteiger partial charge in [0.2, 0.25) is 5.91 Å². The minimum absolute atomic E-state index is 0.227. The summed E-state index contributed by atoms with van der Waals surface area (Å²) in [6.07, 6.45) is 4.17. The number of carbonyl (C=O) groups excluding carboxylic acids is 1. The second-order valence-corrected chi connectivity index (χ2v) is 7.14. The van der Waals surface area contributed by atoms with Gasteiger partial charge in [0, 0.05) is 12.6 Å². The number of carbonyl (C=O) groups is 1. The van der Waals surface area contributed by atoms with E-state index in [-0.39, 0.29) is 5.91 Å². The van der Waals surface area contributed by atoms with E-state index >= 15 is 0 Å². The fourth-order valence-corrected chi connectivity index (χ4v) is 3.60. The molecule has 0 saturated heterocycles. The van der Waals surface area contributed by atoms with Crippen LogP contribution in [0.4, 0.5) is 0 Å². The third-order valence-corrected chi connectivity index (χ3v) is 5.30. The van der Waals surface area contributed by atoms with Gasteiger partial charge in [0.05, 0.1) is 17.8 Å². The molecule has 0 radical (unpaired) electrons. The van der Waals surface area contributed by atoms with Crippen LogP contribution in [0.2, 0.25) is 0 Å². The molecule has 122 valence electrons. The Morgan fingerprint density at radius 2 is 2.04 bits per heavy atom. The van der Waals surface area contributed by atoms with Gasteiger partial charge in [0.25, 0.3) is 0 Å². The summed E-state index contributed by atoms with van der Waals surface area (Å²) in [4.78, 5) is 14.8. The predicted molar refractivity (Wildman–Crippen MR) is 94.0 cm³/mol. The van der Waals surface area contributed by atoms with Crippen molar-refractivity contribution in [2.24, 2.45) is 5.92 Å². The molecule has 1 aliphatic carbocycles. The Labute approximate surface area is 142 Å². The molecule has 1 saturated carbocycles. The van der Waals surface area contributed by atoms with Gasteiger partial charge >= 0.3 is 0 Å². The summed E-state index contributed by atoms with van der Waals surface area (Å²) < 4.78 is 5.32. The Morgan fingerprint density at radius 1 is 1.26 bits per heavy atom. The predicted octanol–water partition coefficient (Wildman–Crippen LogP) is 4.34. The van der Waals surface area contributed by atoms with Gasteiger partial charge < -0.3 is 9.32 Å². The monoisotopic (exact) mass is 329 g/mol. The van der Waals surface area contributed by atoms with E-state index in [2.05, 4.69) is 24.0 Å². The first-order chi connectivity index (χ1) is 11.2. The van der Waals surface area contributed by atoms with Crippen LogP contribution in [-0.2, 0) is 17.1 Å². The second-order valence-electron chi connectivity index (χ2n) is 6.16. The molecule has 1 amide bonds. The third kappa shape index (κ3) is 4.64. The molecule has 0 spiro atoms. The molecule has 4 heteroatoms. The van der Waals surface area contributed by atoms with Crippen LogP contribution in [0, 0.1) is 5.92 Å². The van der Waals surface area contributed by atoms with Crippen LogP contribution in [0.25, 0.3) is 0 Å². The summed E-state index contributed by atoms with van der Waals surface area (Å²) in [5, 5.41) is 0. The maximum absolute atomic E-state index is 12.7. The molecule has 3 rings (SSSR count). The zero-order chi connectivity index (χ0) is 16.1. The highest BCUT2D eigenvalue weighted by atomic mass is 32.2. The van der Waals surface area contributed by atoms with Crippen LogP contribution in [0.3, 0.4) is 0 Å². The smallest absolute Gasteiger partial charge is 0.233 e. The lowest BCUT2D eigenvalue weighted by atomic mass is 10.1. The topological polar surface area (TPSA) is 33.5 Å². The van der Waals surface area contributed by atoms with E-state index in [0.717, 1.165) is 11.5 Å². The van der Waals surface area contributed by atoms with Gasteiger partial charge in [-0.1, -0.05) is 30.3 Å². The zero-order valence-electron chi connectivity index (χ0n) is 13.5. The van der Waals surface area contributed by atoms with Crippen LogP contribution < -0.4 is 0 Å². The number of thioether (sulfide) groups is 1. The first-order valence-corrected chi connectivity index (χ1v) is 9.33. The molecule has 1 fully saturated rings. The molecule has 3 nitrogen and oxygen atoms in total. The van der Waals surface area contributed by atoms with E-state index in [0.29, 0.717) is 24.3 Å². The van der Waals surface area contributed by atoms with E-state index in [1.807, 2.05) is 30.3 Å².